The fraction of sp³-hybridized carbons (Fsp3) is 0.381. The van der Waals surface area contributed by atoms with E-state index in [4.69, 9.17) is 23.2 Å². The maximum Gasteiger partial charge on any atom is 0.229 e. The average molecular weight is 1180 g/mol. The van der Waals surface area contributed by atoms with Crippen LogP contribution in [0.15, 0.2) is 109 Å². The molecule has 0 bridgehead atoms. The van der Waals surface area contributed by atoms with Gasteiger partial charge < -0.3 is 15.3 Å². The highest BCUT2D eigenvalue weighted by Crippen LogP contribution is 2.38. The molecule has 0 aliphatic heterocycles. The molecule has 442 valence electrons. The van der Waals surface area contributed by atoms with Crippen LogP contribution in [0.3, 0.4) is 0 Å². The molecular formula is C63H73Cl2FN12O6. The largest absolute Gasteiger partial charge is 0.385 e. The number of carbonyl (C=O) groups excluding carboxylic acids is 3. The third-order valence-corrected chi connectivity index (χ3v) is 14.8. The minimum Gasteiger partial charge on any atom is -0.385 e. The summed E-state index contributed by atoms with van der Waals surface area (Å²) in [5.74, 6) is -0.491. The Morgan fingerprint density at radius 3 is 1.51 bits per heavy atom. The van der Waals surface area contributed by atoms with E-state index in [1.807, 2.05) is 132 Å². The lowest BCUT2D eigenvalue weighted by molar-refractivity contribution is -0.121. The van der Waals surface area contributed by atoms with Gasteiger partial charge in [-0.3, -0.25) is 44.0 Å². The third kappa shape index (κ3) is 14.6. The van der Waals surface area contributed by atoms with E-state index in [-0.39, 0.29) is 48.1 Å². The zero-order chi connectivity index (χ0) is 61.3. The Kier molecular flexibility index (Phi) is 18.2. The number of hydrogen-bond donors (Lipinski definition) is 6. The molecular weight excluding hydrogens is 1110 g/mol. The van der Waals surface area contributed by atoms with Crippen LogP contribution >= 0.6 is 23.2 Å². The molecule has 0 saturated heterocycles. The Bertz CT molecular complexity index is 3890. The molecule has 9 aromatic rings. The van der Waals surface area contributed by atoms with Crippen LogP contribution in [0.25, 0.3) is 33.5 Å². The van der Waals surface area contributed by atoms with E-state index in [2.05, 4.69) is 45.9 Å². The van der Waals surface area contributed by atoms with E-state index in [9.17, 15) is 34.1 Å². The molecule has 3 aromatic carbocycles. The lowest BCUT2D eigenvalue weighted by atomic mass is 9.91. The van der Waals surface area contributed by atoms with E-state index >= 15 is 0 Å². The summed E-state index contributed by atoms with van der Waals surface area (Å²) >= 11 is 12.1. The number of aryl methyl sites for hydroxylation is 3. The third-order valence-electron chi connectivity index (χ3n) is 14.4. The van der Waals surface area contributed by atoms with Gasteiger partial charge in [0.25, 0.3) is 0 Å². The van der Waals surface area contributed by atoms with Gasteiger partial charge in [-0.25, -0.2) is 34.3 Å². The van der Waals surface area contributed by atoms with Gasteiger partial charge in [0.2, 0.25) is 35.6 Å². The van der Waals surface area contributed by atoms with E-state index in [1.165, 1.54) is 31.5 Å². The van der Waals surface area contributed by atoms with Crippen molar-refractivity contribution in [2.75, 3.05) is 16.0 Å². The zero-order valence-corrected chi connectivity index (χ0v) is 50.9. The van der Waals surface area contributed by atoms with Crippen LogP contribution in [-0.2, 0) is 42.3 Å². The zero-order valence-electron chi connectivity index (χ0n) is 49.4. The molecule has 1 aliphatic rings. The van der Waals surface area contributed by atoms with E-state index in [0.29, 0.717) is 56.1 Å². The van der Waals surface area contributed by atoms with Crippen molar-refractivity contribution >= 4 is 92.3 Å². The first-order valence-corrected chi connectivity index (χ1v) is 28.5. The molecule has 3 atom stereocenters. The summed E-state index contributed by atoms with van der Waals surface area (Å²) in [6.45, 7) is 22.4. The number of fused-ring (bicyclic) bond motifs is 3. The number of imidazole rings is 3. The van der Waals surface area contributed by atoms with Gasteiger partial charge in [0.05, 0.1) is 36.1 Å². The number of halogens is 3. The quantitative estimate of drug-likeness (QED) is 0.0591. The van der Waals surface area contributed by atoms with Crippen molar-refractivity contribution < 1.29 is 34.1 Å². The van der Waals surface area contributed by atoms with Crippen molar-refractivity contribution in [2.45, 2.75) is 156 Å². The van der Waals surface area contributed by atoms with Crippen molar-refractivity contribution in [3.05, 3.63) is 159 Å². The number of nitrogens with zero attached hydrogens (tertiary/aromatic N) is 9. The normalized spacial score (nSPS) is 14.9. The van der Waals surface area contributed by atoms with E-state index in [1.54, 1.807) is 48.7 Å². The fourth-order valence-electron chi connectivity index (χ4n) is 10.0. The van der Waals surface area contributed by atoms with Crippen LogP contribution < -0.4 is 16.0 Å². The highest BCUT2D eigenvalue weighted by Gasteiger charge is 2.34. The molecule has 6 aromatic heterocycles. The average Bonchev–Trinajstić information content (AvgIpc) is 2.03. The molecule has 10 rings (SSSR count). The monoisotopic (exact) mass is 1180 g/mol. The van der Waals surface area contributed by atoms with Gasteiger partial charge in [-0.15, -0.1) is 0 Å². The second-order valence-electron chi connectivity index (χ2n) is 24.3. The second kappa shape index (κ2) is 24.5. The van der Waals surface area contributed by atoms with Gasteiger partial charge in [-0.1, -0.05) is 101 Å². The number of nitrogens with one attached hydrogen (secondary N) is 3. The van der Waals surface area contributed by atoms with Crippen molar-refractivity contribution in [1.29, 1.82) is 0 Å². The van der Waals surface area contributed by atoms with Crippen LogP contribution in [-0.4, -0.2) is 76.6 Å². The van der Waals surface area contributed by atoms with Crippen molar-refractivity contribution in [3.8, 4) is 0 Å². The molecule has 84 heavy (non-hydrogen) atoms. The molecule has 18 nitrogen and oxygen atoms in total. The maximum absolute atomic E-state index is 14.0. The first kappa shape index (κ1) is 62.4. The molecule has 6 heterocycles. The standard InChI is InChI=1S/C22H26N4O2.C21H25ClN4O2.C20H22ClFN4O2/c1-14-7-9-16(10-8-14)22(3,28)12-19(27)25-21-24-18-11-15(2)13-23-20(18)26(21)17-5-4-6-17;1-13-7-6-8-14(11-13)21(5,28)12-17(27)25-19-23-15-9-10-16(22)24-18(15)26(19)20(2,3)4;1-19(2,3)26-17-14(9-10-15(21)24-17)23-18(26)25-16(27)11-20(4,28)12-7-5-6-8-13(12)22/h7-11,13,17,28H,4-6,12H2,1-3H3,(H,24,25,27);6-11,28H,12H2,1-5H3,(H,23,25,27);5-10,28H,11H2,1-4H3,(H,23,25,27)/t22-;21-;20-/m000/s1. The van der Waals surface area contributed by atoms with Crippen molar-refractivity contribution in [1.82, 2.24) is 43.6 Å². The minimum atomic E-state index is -1.67. The van der Waals surface area contributed by atoms with Crippen LogP contribution in [0.1, 0.15) is 140 Å². The second-order valence-corrected chi connectivity index (χ2v) is 25.1. The summed E-state index contributed by atoms with van der Waals surface area (Å²) < 4.78 is 19.7. The molecule has 1 fully saturated rings. The highest BCUT2D eigenvalue weighted by molar-refractivity contribution is 6.30. The number of anilines is 3. The molecule has 3 amide bonds. The van der Waals surface area contributed by atoms with Gasteiger partial charge in [0.15, 0.2) is 16.9 Å². The summed E-state index contributed by atoms with van der Waals surface area (Å²) in [5.41, 5.74) is 3.54. The molecule has 0 radical (unpaired) electrons. The van der Waals surface area contributed by atoms with Gasteiger partial charge in [0, 0.05) is 28.9 Å². The Labute approximate surface area is 497 Å². The summed E-state index contributed by atoms with van der Waals surface area (Å²) in [7, 11) is 0. The van der Waals surface area contributed by atoms with Crippen molar-refractivity contribution in [3.63, 3.8) is 0 Å². The number of pyridine rings is 3. The van der Waals surface area contributed by atoms with Gasteiger partial charge in [-0.05, 0) is 155 Å². The fourth-order valence-corrected chi connectivity index (χ4v) is 10.3. The van der Waals surface area contributed by atoms with E-state index in [0.717, 1.165) is 46.3 Å². The lowest BCUT2D eigenvalue weighted by Crippen LogP contribution is -2.31. The Morgan fingerprint density at radius 1 is 0.536 bits per heavy atom. The van der Waals surface area contributed by atoms with Crippen LogP contribution in [0, 0.1) is 26.6 Å². The SMILES string of the molecule is CC(C)(C)n1c(NC(=O)C[C@](C)(O)c2ccccc2F)nc2ccc(Cl)nc21.Cc1ccc([C@@](C)(O)CC(=O)Nc2nc3cc(C)cnc3n2C2CCC2)cc1.Cc1cccc([C@@](C)(O)CC(=O)Nc2nc3ccc(Cl)nc3n2C(C)(C)C)c1. The molecule has 0 spiro atoms. The number of amides is 3. The lowest BCUT2D eigenvalue weighted by Gasteiger charge is -2.29. The maximum atomic E-state index is 14.0. The Balaban J connectivity index is 0.000000164. The molecule has 21 heteroatoms. The minimum absolute atomic E-state index is 0.0452. The first-order chi connectivity index (χ1) is 39.3. The van der Waals surface area contributed by atoms with Crippen LogP contribution in [0.5, 0.6) is 0 Å². The number of hydrogen-bond acceptors (Lipinski definition) is 12. The molecule has 1 aliphatic carbocycles. The summed E-state index contributed by atoms with van der Waals surface area (Å²) in [6, 6.07) is 30.0. The van der Waals surface area contributed by atoms with Gasteiger partial charge in [-0.2, -0.15) is 0 Å². The highest BCUT2D eigenvalue weighted by atomic mass is 35.5. The molecule has 6 N–H and O–H groups in total. The predicted octanol–water partition coefficient (Wildman–Crippen LogP) is 12.6. The summed E-state index contributed by atoms with van der Waals surface area (Å²) in [5, 5.41) is 41.5. The Morgan fingerprint density at radius 2 is 1.02 bits per heavy atom. The van der Waals surface area contributed by atoms with Crippen LogP contribution in [0.4, 0.5) is 22.2 Å². The van der Waals surface area contributed by atoms with Crippen molar-refractivity contribution in [2.24, 2.45) is 0 Å². The summed E-state index contributed by atoms with van der Waals surface area (Å²) in [4.78, 5) is 64.9. The molecule has 1 saturated carbocycles. The first-order valence-electron chi connectivity index (χ1n) is 27.7. The van der Waals surface area contributed by atoms with Gasteiger partial charge >= 0.3 is 0 Å². The number of carbonyl (C=O) groups is 3. The number of rotatable bonds is 13. The Hall–Kier alpha value is -7.68. The number of benzene rings is 3. The topological polar surface area (TPSA) is 240 Å². The predicted molar refractivity (Wildman–Crippen MR) is 327 cm³/mol. The molecule has 0 unspecified atom stereocenters. The van der Waals surface area contributed by atoms with Gasteiger partial charge in [0.1, 0.15) is 32.7 Å². The smallest absolute Gasteiger partial charge is 0.229 e. The van der Waals surface area contributed by atoms with Crippen LogP contribution in [0.2, 0.25) is 10.3 Å². The number of aromatic nitrogens is 9. The summed E-state index contributed by atoms with van der Waals surface area (Å²) in [6.07, 6.45) is 4.64. The van der Waals surface area contributed by atoms with E-state index < -0.39 is 34.1 Å². The number of aliphatic hydroxyl groups is 3.